The maximum Gasteiger partial charge on any atom is 0.225 e. The third-order valence-corrected chi connectivity index (χ3v) is 5.77. The van der Waals surface area contributed by atoms with E-state index in [1.807, 2.05) is 30.6 Å². The third kappa shape index (κ3) is 3.11. The highest BCUT2D eigenvalue weighted by atomic mass is 16.5. The van der Waals surface area contributed by atoms with Gasteiger partial charge in [0.05, 0.1) is 20.5 Å². The molecule has 1 saturated heterocycles. The minimum Gasteiger partial charge on any atom is -0.493 e. The first kappa shape index (κ1) is 18.7. The molecule has 0 bridgehead atoms. The number of fused-ring (bicyclic) bond motifs is 2. The predicted octanol–water partition coefficient (Wildman–Crippen LogP) is 3.81. The first-order valence-corrected chi connectivity index (χ1v) is 10.00. The van der Waals surface area contributed by atoms with Gasteiger partial charge in [-0.05, 0) is 42.1 Å². The Morgan fingerprint density at radius 3 is 2.30 bits per heavy atom. The molecule has 2 aromatic carbocycles. The van der Waals surface area contributed by atoms with Crippen molar-refractivity contribution < 1.29 is 13.9 Å². The molecule has 1 aliphatic rings. The highest BCUT2D eigenvalue weighted by Crippen LogP contribution is 2.41. The van der Waals surface area contributed by atoms with Gasteiger partial charge in [-0.2, -0.15) is 0 Å². The molecule has 30 heavy (non-hydrogen) atoms. The van der Waals surface area contributed by atoms with Gasteiger partial charge < -0.3 is 23.7 Å². The topological polar surface area (TPSA) is 63.9 Å². The van der Waals surface area contributed by atoms with Crippen LogP contribution in [0.3, 0.4) is 0 Å². The van der Waals surface area contributed by atoms with Crippen LogP contribution in [0, 0.1) is 0 Å². The van der Waals surface area contributed by atoms with Crippen molar-refractivity contribution in [3.63, 3.8) is 0 Å². The molecule has 0 aliphatic carbocycles. The van der Waals surface area contributed by atoms with Crippen molar-refractivity contribution in [3.05, 3.63) is 42.9 Å². The number of hydrogen-bond donors (Lipinski definition) is 0. The summed E-state index contributed by atoms with van der Waals surface area (Å²) in [5.74, 6) is 2.13. The number of ether oxygens (including phenoxy) is 2. The molecule has 5 rings (SSSR count). The SMILES string of the molecule is COc1cc2cc3ccoc3c(-c3cnc(N4CCN(C)CC4)nc3)c2cc1OC. The van der Waals surface area contributed by atoms with Gasteiger partial charge in [-0.3, -0.25) is 0 Å². The van der Waals surface area contributed by atoms with Gasteiger partial charge in [0.15, 0.2) is 11.5 Å². The minimum absolute atomic E-state index is 0.673. The summed E-state index contributed by atoms with van der Waals surface area (Å²) in [6.07, 6.45) is 5.48. The number of aromatic nitrogens is 2. The average molecular weight is 404 g/mol. The lowest BCUT2D eigenvalue weighted by molar-refractivity contribution is 0.311. The first-order chi connectivity index (χ1) is 14.7. The van der Waals surface area contributed by atoms with E-state index in [1.54, 1.807) is 20.5 Å². The van der Waals surface area contributed by atoms with E-state index in [4.69, 9.17) is 13.9 Å². The Balaban J connectivity index is 1.64. The van der Waals surface area contributed by atoms with Crippen LogP contribution in [0.2, 0.25) is 0 Å². The molecule has 0 amide bonds. The zero-order valence-electron chi connectivity index (χ0n) is 17.4. The molecule has 4 aromatic rings. The van der Waals surface area contributed by atoms with E-state index >= 15 is 0 Å². The molecule has 0 saturated carbocycles. The van der Waals surface area contributed by atoms with E-state index in [-0.39, 0.29) is 0 Å². The van der Waals surface area contributed by atoms with Gasteiger partial charge in [0.2, 0.25) is 5.95 Å². The molecule has 7 heteroatoms. The van der Waals surface area contributed by atoms with Gasteiger partial charge in [-0.25, -0.2) is 9.97 Å². The lowest BCUT2D eigenvalue weighted by Crippen LogP contribution is -2.45. The van der Waals surface area contributed by atoms with Crippen molar-refractivity contribution in [2.45, 2.75) is 0 Å². The largest absolute Gasteiger partial charge is 0.493 e. The van der Waals surface area contributed by atoms with Gasteiger partial charge in [0.25, 0.3) is 0 Å². The molecule has 0 unspecified atom stereocenters. The first-order valence-electron chi connectivity index (χ1n) is 10.00. The maximum atomic E-state index is 5.86. The number of rotatable bonds is 4. The number of likely N-dealkylation sites (N-methyl/N-ethyl adjacent to an activating group) is 1. The predicted molar refractivity (Wildman–Crippen MR) is 118 cm³/mol. The second-order valence-corrected chi connectivity index (χ2v) is 7.58. The average Bonchev–Trinajstić information content (AvgIpc) is 3.25. The van der Waals surface area contributed by atoms with E-state index in [1.165, 1.54) is 0 Å². The lowest BCUT2D eigenvalue weighted by Gasteiger charge is -2.32. The van der Waals surface area contributed by atoms with Gasteiger partial charge in [0, 0.05) is 55.1 Å². The van der Waals surface area contributed by atoms with Crippen LogP contribution >= 0.6 is 0 Å². The normalized spacial score (nSPS) is 15.1. The molecule has 0 radical (unpaired) electrons. The number of furan rings is 1. The van der Waals surface area contributed by atoms with Crippen molar-refractivity contribution in [2.24, 2.45) is 0 Å². The van der Waals surface area contributed by atoms with Crippen LogP contribution in [-0.4, -0.2) is 62.3 Å². The van der Waals surface area contributed by atoms with Crippen LogP contribution in [0.15, 0.2) is 47.3 Å². The molecule has 2 aromatic heterocycles. The van der Waals surface area contributed by atoms with Crippen molar-refractivity contribution in [1.29, 1.82) is 0 Å². The quantitative estimate of drug-likeness (QED) is 0.512. The highest BCUT2D eigenvalue weighted by molar-refractivity contribution is 6.11. The third-order valence-electron chi connectivity index (χ3n) is 5.77. The number of methoxy groups -OCH3 is 2. The van der Waals surface area contributed by atoms with Gasteiger partial charge in [0.1, 0.15) is 5.58 Å². The number of nitrogens with zero attached hydrogens (tertiary/aromatic N) is 4. The molecule has 1 aliphatic heterocycles. The minimum atomic E-state index is 0.673. The van der Waals surface area contributed by atoms with Crippen LogP contribution < -0.4 is 14.4 Å². The lowest BCUT2D eigenvalue weighted by atomic mass is 9.97. The Kier molecular flexibility index (Phi) is 4.67. The summed E-state index contributed by atoms with van der Waals surface area (Å²) in [5, 5.41) is 3.07. The molecule has 1 fully saturated rings. The number of anilines is 1. The standard InChI is InChI=1S/C23H24N4O3/c1-26-5-7-27(8-6-26)23-24-13-17(14-25-23)21-18-12-20(29-3)19(28-2)11-16(18)10-15-4-9-30-22(15)21/h4,9-14H,5-8H2,1-3H3. The van der Waals surface area contributed by atoms with Crippen molar-refractivity contribution in [3.8, 4) is 22.6 Å². The van der Waals surface area contributed by atoms with E-state index in [0.29, 0.717) is 11.5 Å². The number of hydrogen-bond acceptors (Lipinski definition) is 7. The molecule has 0 atom stereocenters. The monoisotopic (exact) mass is 404 g/mol. The molecule has 3 heterocycles. The Bertz CT molecular complexity index is 1190. The summed E-state index contributed by atoms with van der Waals surface area (Å²) >= 11 is 0. The van der Waals surface area contributed by atoms with Crippen LogP contribution in [0.25, 0.3) is 32.9 Å². The molecule has 0 N–H and O–H groups in total. The fraction of sp³-hybridized carbons (Fsp3) is 0.304. The van der Waals surface area contributed by atoms with E-state index < -0.39 is 0 Å². The van der Waals surface area contributed by atoms with Crippen molar-refractivity contribution in [2.75, 3.05) is 52.3 Å². The molecular weight excluding hydrogens is 380 g/mol. The fourth-order valence-electron chi connectivity index (χ4n) is 4.06. The number of benzene rings is 2. The summed E-state index contributed by atoms with van der Waals surface area (Å²) in [6, 6.07) is 8.04. The van der Waals surface area contributed by atoms with Crippen LogP contribution in [0.4, 0.5) is 5.95 Å². The van der Waals surface area contributed by atoms with Crippen LogP contribution in [0.1, 0.15) is 0 Å². The van der Waals surface area contributed by atoms with E-state index in [9.17, 15) is 0 Å². The summed E-state index contributed by atoms with van der Waals surface area (Å²) < 4.78 is 16.9. The Morgan fingerprint density at radius 2 is 1.60 bits per heavy atom. The summed E-state index contributed by atoms with van der Waals surface area (Å²) in [4.78, 5) is 13.9. The van der Waals surface area contributed by atoms with Crippen molar-refractivity contribution >= 4 is 27.7 Å². The highest BCUT2D eigenvalue weighted by Gasteiger charge is 2.19. The Morgan fingerprint density at radius 1 is 0.900 bits per heavy atom. The molecule has 7 nitrogen and oxygen atoms in total. The molecule has 0 spiro atoms. The van der Waals surface area contributed by atoms with Crippen molar-refractivity contribution in [1.82, 2.24) is 14.9 Å². The van der Waals surface area contributed by atoms with Crippen LogP contribution in [0.5, 0.6) is 11.5 Å². The molecule has 154 valence electrons. The zero-order chi connectivity index (χ0) is 20.7. The smallest absolute Gasteiger partial charge is 0.225 e. The van der Waals surface area contributed by atoms with E-state index in [0.717, 1.165) is 65.0 Å². The second kappa shape index (κ2) is 7.50. The zero-order valence-corrected chi connectivity index (χ0v) is 17.4. The Labute approximate surface area is 174 Å². The van der Waals surface area contributed by atoms with Crippen LogP contribution in [-0.2, 0) is 0 Å². The number of piperazine rings is 1. The fourth-order valence-corrected chi connectivity index (χ4v) is 4.06. The molecular formula is C23H24N4O3. The van der Waals surface area contributed by atoms with E-state index in [2.05, 4.69) is 32.9 Å². The summed E-state index contributed by atoms with van der Waals surface area (Å²) in [6.45, 7) is 3.90. The Hall–Kier alpha value is -3.32. The summed E-state index contributed by atoms with van der Waals surface area (Å²) in [5.41, 5.74) is 2.68. The summed E-state index contributed by atoms with van der Waals surface area (Å²) in [7, 11) is 5.42. The maximum absolute atomic E-state index is 5.86. The van der Waals surface area contributed by atoms with Gasteiger partial charge in [-0.15, -0.1) is 0 Å². The van der Waals surface area contributed by atoms with Gasteiger partial charge >= 0.3 is 0 Å². The van der Waals surface area contributed by atoms with Gasteiger partial charge in [-0.1, -0.05) is 0 Å². The second-order valence-electron chi connectivity index (χ2n) is 7.58.